The average molecular weight is 436 g/mol. The molecule has 0 spiro atoms. The fourth-order valence-electron chi connectivity index (χ4n) is 1.08. The van der Waals surface area contributed by atoms with E-state index >= 15 is 0 Å². The second-order valence-corrected chi connectivity index (χ2v) is 5.20. The van der Waals surface area contributed by atoms with E-state index in [0.29, 0.717) is 12.8 Å². The highest BCUT2D eigenvalue weighted by molar-refractivity contribution is 14.1. The highest BCUT2D eigenvalue weighted by Gasteiger charge is 2.71. The van der Waals surface area contributed by atoms with Crippen LogP contribution in [0.15, 0.2) is 9.66 Å². The molecule has 0 atom stereocenters. The lowest BCUT2D eigenvalue weighted by Crippen LogP contribution is -2.52. The molecule has 0 N–H and O–H groups in total. The average Bonchev–Trinajstić information content (AvgIpc) is 2.32. The molecule has 124 valence electrons. The Balaban J connectivity index is 4.98. The number of halogens is 8. The minimum Gasteiger partial charge on any atom is -0.462 e. The Hall–Kier alpha value is -0.550. The Bertz CT molecular complexity index is 373. The van der Waals surface area contributed by atoms with Crippen molar-refractivity contribution in [1.29, 1.82) is 0 Å². The summed E-state index contributed by atoms with van der Waals surface area (Å²) in [5.41, 5.74) is -5.40. The van der Waals surface area contributed by atoms with Gasteiger partial charge in [0.1, 0.15) is 0 Å². The molecule has 0 aliphatic carbocycles. The summed E-state index contributed by atoms with van der Waals surface area (Å²) in [6, 6.07) is 0. The molecular weight excluding hydrogens is 424 g/mol. The third kappa shape index (κ3) is 5.62. The van der Waals surface area contributed by atoms with Gasteiger partial charge in [0.2, 0.25) is 0 Å². The number of hydrogen-bond donors (Lipinski definition) is 0. The third-order valence-corrected chi connectivity index (χ3v) is 3.27. The van der Waals surface area contributed by atoms with E-state index in [2.05, 4.69) is 4.74 Å². The standard InChI is InChI=1S/C11H12F7IO2/c1-2-3-6-21-8(20)7(19)4-5-9(12,10(13,14)15)11(16,17)18/h4H,2-3,5-6H2,1H3/b7-4-. The van der Waals surface area contributed by atoms with Gasteiger partial charge < -0.3 is 4.74 Å². The van der Waals surface area contributed by atoms with Crippen molar-refractivity contribution < 1.29 is 40.3 Å². The Kier molecular flexibility index (Phi) is 7.43. The SMILES string of the molecule is CCCCOC(=O)/C(I)=C/CC(F)(C(F)(F)F)C(F)(F)F. The molecule has 0 heterocycles. The molecule has 0 aromatic carbocycles. The van der Waals surface area contributed by atoms with Gasteiger partial charge >= 0.3 is 24.0 Å². The van der Waals surface area contributed by atoms with Gasteiger partial charge in [0.05, 0.1) is 10.2 Å². The van der Waals surface area contributed by atoms with Crippen molar-refractivity contribution in [1.82, 2.24) is 0 Å². The molecule has 0 bridgehead atoms. The van der Waals surface area contributed by atoms with Crippen LogP contribution in [-0.2, 0) is 9.53 Å². The minimum absolute atomic E-state index is 0.0189. The first-order valence-electron chi connectivity index (χ1n) is 5.72. The molecule has 0 rings (SSSR count). The molecule has 0 saturated carbocycles. The maximum absolute atomic E-state index is 13.3. The summed E-state index contributed by atoms with van der Waals surface area (Å²) in [6.07, 6.45) is -12.9. The van der Waals surface area contributed by atoms with Crippen LogP contribution in [0.3, 0.4) is 0 Å². The lowest BCUT2D eigenvalue weighted by atomic mass is 10.0. The molecule has 0 aromatic heterocycles. The van der Waals surface area contributed by atoms with Gasteiger partial charge in [-0.25, -0.2) is 9.18 Å². The zero-order valence-electron chi connectivity index (χ0n) is 10.7. The van der Waals surface area contributed by atoms with Gasteiger partial charge in [0.15, 0.2) is 0 Å². The van der Waals surface area contributed by atoms with Crippen molar-refractivity contribution in [2.45, 2.75) is 44.2 Å². The summed E-state index contributed by atoms with van der Waals surface area (Å²) < 4.78 is 90.9. The monoisotopic (exact) mass is 436 g/mol. The van der Waals surface area contributed by atoms with Gasteiger partial charge in [-0.15, -0.1) is 0 Å². The van der Waals surface area contributed by atoms with E-state index in [1.807, 2.05) is 0 Å². The molecule has 2 nitrogen and oxygen atoms in total. The molecule has 0 unspecified atom stereocenters. The Morgan fingerprint density at radius 2 is 1.57 bits per heavy atom. The van der Waals surface area contributed by atoms with Crippen LogP contribution in [0.25, 0.3) is 0 Å². The van der Waals surface area contributed by atoms with Crippen LogP contribution in [0.4, 0.5) is 30.7 Å². The van der Waals surface area contributed by atoms with Crippen LogP contribution in [0.1, 0.15) is 26.2 Å². The Morgan fingerprint density at radius 3 is 1.95 bits per heavy atom. The maximum Gasteiger partial charge on any atom is 0.431 e. The minimum atomic E-state index is -6.13. The molecule has 0 fully saturated rings. The fourth-order valence-corrected chi connectivity index (χ4v) is 1.46. The highest BCUT2D eigenvalue weighted by Crippen LogP contribution is 2.48. The largest absolute Gasteiger partial charge is 0.462 e. The highest BCUT2D eigenvalue weighted by atomic mass is 127. The van der Waals surface area contributed by atoms with Crippen LogP contribution >= 0.6 is 22.6 Å². The van der Waals surface area contributed by atoms with E-state index < -0.39 is 34.0 Å². The third-order valence-electron chi connectivity index (χ3n) is 2.39. The molecule has 0 saturated heterocycles. The van der Waals surface area contributed by atoms with Crippen molar-refractivity contribution in [2.24, 2.45) is 0 Å². The molecule has 0 aliphatic rings. The van der Waals surface area contributed by atoms with Gasteiger partial charge in [-0.3, -0.25) is 0 Å². The molecule has 21 heavy (non-hydrogen) atoms. The van der Waals surface area contributed by atoms with Crippen LogP contribution in [-0.4, -0.2) is 30.6 Å². The fraction of sp³-hybridized carbons (Fsp3) is 0.727. The lowest BCUT2D eigenvalue weighted by Gasteiger charge is -2.28. The van der Waals surface area contributed by atoms with Gasteiger partial charge in [-0.2, -0.15) is 26.3 Å². The topological polar surface area (TPSA) is 26.3 Å². The summed E-state index contributed by atoms with van der Waals surface area (Å²) >= 11 is 1.20. The molecule has 0 aliphatic heterocycles. The molecule has 10 heteroatoms. The summed E-state index contributed by atoms with van der Waals surface area (Å²) in [6.45, 7) is 1.77. The first-order valence-corrected chi connectivity index (χ1v) is 6.80. The zero-order chi connectivity index (χ0) is 16.9. The summed E-state index contributed by atoms with van der Waals surface area (Å²) in [5.74, 6) is -1.09. The predicted octanol–water partition coefficient (Wildman–Crippen LogP) is 4.87. The number of alkyl halides is 7. The molecule has 0 radical (unpaired) electrons. The molecular formula is C11H12F7IO2. The zero-order valence-corrected chi connectivity index (χ0v) is 12.9. The Morgan fingerprint density at radius 1 is 1.10 bits per heavy atom. The maximum atomic E-state index is 13.3. The number of allylic oxidation sites excluding steroid dienone is 1. The second-order valence-electron chi connectivity index (χ2n) is 4.04. The number of carbonyl (C=O) groups excluding carboxylic acids is 1. The summed E-state index contributed by atoms with van der Waals surface area (Å²) in [5, 5.41) is 0. The van der Waals surface area contributed by atoms with E-state index in [0.717, 1.165) is 0 Å². The lowest BCUT2D eigenvalue weighted by molar-refractivity contribution is -0.340. The Labute approximate surface area is 129 Å². The number of hydrogen-bond acceptors (Lipinski definition) is 2. The van der Waals surface area contributed by atoms with E-state index in [1.165, 1.54) is 22.6 Å². The van der Waals surface area contributed by atoms with Crippen molar-refractivity contribution in [3.63, 3.8) is 0 Å². The van der Waals surface area contributed by atoms with Crippen LogP contribution < -0.4 is 0 Å². The van der Waals surface area contributed by atoms with Gasteiger partial charge in [-0.1, -0.05) is 19.4 Å². The number of ether oxygens (including phenoxy) is 1. The smallest absolute Gasteiger partial charge is 0.431 e. The van der Waals surface area contributed by atoms with Crippen LogP contribution in [0.2, 0.25) is 0 Å². The second kappa shape index (κ2) is 7.63. The van der Waals surface area contributed by atoms with Crippen molar-refractivity contribution in [2.75, 3.05) is 6.61 Å². The van der Waals surface area contributed by atoms with Gasteiger partial charge in [0.25, 0.3) is 0 Å². The molecule has 0 amide bonds. The van der Waals surface area contributed by atoms with Crippen molar-refractivity contribution >= 4 is 28.6 Å². The van der Waals surface area contributed by atoms with Crippen LogP contribution in [0.5, 0.6) is 0 Å². The van der Waals surface area contributed by atoms with E-state index in [-0.39, 0.29) is 12.7 Å². The van der Waals surface area contributed by atoms with E-state index in [9.17, 15) is 35.5 Å². The summed E-state index contributed by atoms with van der Waals surface area (Å²) in [4.78, 5) is 11.3. The predicted molar refractivity (Wildman–Crippen MR) is 68.5 cm³/mol. The number of carbonyl (C=O) groups is 1. The first kappa shape index (κ1) is 20.5. The van der Waals surface area contributed by atoms with Gasteiger partial charge in [0, 0.05) is 6.42 Å². The van der Waals surface area contributed by atoms with Gasteiger partial charge in [-0.05, 0) is 29.0 Å². The normalized spacial score (nSPS) is 14.2. The number of unbranched alkanes of at least 4 members (excludes halogenated alkanes) is 1. The number of esters is 1. The van der Waals surface area contributed by atoms with Crippen molar-refractivity contribution in [3.05, 3.63) is 9.66 Å². The number of rotatable bonds is 6. The molecule has 0 aromatic rings. The summed E-state index contributed by atoms with van der Waals surface area (Å²) in [7, 11) is 0. The van der Waals surface area contributed by atoms with E-state index in [4.69, 9.17) is 0 Å². The quantitative estimate of drug-likeness (QED) is 0.195. The van der Waals surface area contributed by atoms with E-state index in [1.54, 1.807) is 6.92 Å². The van der Waals surface area contributed by atoms with Crippen molar-refractivity contribution in [3.8, 4) is 0 Å². The first-order chi connectivity index (χ1) is 9.37. The van der Waals surface area contributed by atoms with Crippen LogP contribution in [0, 0.1) is 0 Å².